The van der Waals surface area contributed by atoms with E-state index in [0.29, 0.717) is 25.8 Å². The van der Waals surface area contributed by atoms with Gasteiger partial charge in [-0.1, -0.05) is 0 Å². The molecule has 1 saturated heterocycles. The van der Waals surface area contributed by atoms with Crippen LogP contribution in [0, 0.1) is 5.41 Å². The molecule has 1 aliphatic carbocycles. The van der Waals surface area contributed by atoms with E-state index in [0.717, 1.165) is 12.7 Å². The van der Waals surface area contributed by atoms with Crippen LogP contribution in [0.2, 0.25) is 0 Å². The number of hydrogen-bond acceptors (Lipinski definition) is 4. The third-order valence-electron chi connectivity index (χ3n) is 4.62. The van der Waals surface area contributed by atoms with Crippen molar-refractivity contribution in [3.05, 3.63) is 0 Å². The van der Waals surface area contributed by atoms with Gasteiger partial charge in [-0.05, 0) is 32.6 Å². The summed E-state index contributed by atoms with van der Waals surface area (Å²) in [5, 5.41) is 0. The van der Waals surface area contributed by atoms with Gasteiger partial charge in [0.1, 0.15) is 0 Å². The van der Waals surface area contributed by atoms with Gasteiger partial charge >= 0.3 is 0 Å². The number of nitrogens with two attached hydrogens (primary N) is 1. The maximum Gasteiger partial charge on any atom is 0.244 e. The lowest BCUT2D eigenvalue weighted by molar-refractivity contribution is -0.136. The molecule has 1 heterocycles. The van der Waals surface area contributed by atoms with Crippen molar-refractivity contribution in [2.75, 3.05) is 19.3 Å². The number of sulfone groups is 1. The Bertz CT molecular complexity index is 524. The second-order valence-corrected chi connectivity index (χ2v) is 8.35. The SMILES string of the molecule is CC1(C(N)=O)CCN(C(=O)C2(S(C)(=O)=O)CCC2)C1. The molecule has 1 saturated carbocycles. The summed E-state index contributed by atoms with van der Waals surface area (Å²) in [6, 6.07) is 0. The highest BCUT2D eigenvalue weighted by atomic mass is 32.2. The number of rotatable bonds is 3. The topological polar surface area (TPSA) is 97.5 Å². The van der Waals surface area contributed by atoms with Crippen molar-refractivity contribution in [1.82, 2.24) is 4.90 Å². The monoisotopic (exact) mass is 288 g/mol. The van der Waals surface area contributed by atoms with E-state index in [9.17, 15) is 18.0 Å². The summed E-state index contributed by atoms with van der Waals surface area (Å²) >= 11 is 0. The normalized spacial score (nSPS) is 29.9. The van der Waals surface area contributed by atoms with E-state index < -0.39 is 25.9 Å². The second-order valence-electron chi connectivity index (χ2n) is 6.02. The molecule has 0 aromatic rings. The molecule has 19 heavy (non-hydrogen) atoms. The molecule has 0 aromatic heterocycles. The zero-order valence-corrected chi connectivity index (χ0v) is 12.1. The number of hydrogen-bond donors (Lipinski definition) is 1. The van der Waals surface area contributed by atoms with Crippen LogP contribution >= 0.6 is 0 Å². The van der Waals surface area contributed by atoms with E-state index in [-0.39, 0.29) is 12.5 Å². The third kappa shape index (κ3) is 2.04. The number of amides is 2. The lowest BCUT2D eigenvalue weighted by Gasteiger charge is -2.41. The van der Waals surface area contributed by atoms with Gasteiger partial charge in [-0.25, -0.2) is 8.42 Å². The minimum Gasteiger partial charge on any atom is -0.369 e. The summed E-state index contributed by atoms with van der Waals surface area (Å²) in [7, 11) is -3.43. The molecule has 1 aliphatic heterocycles. The van der Waals surface area contributed by atoms with Crippen LogP contribution in [0.25, 0.3) is 0 Å². The van der Waals surface area contributed by atoms with Gasteiger partial charge in [0.2, 0.25) is 11.8 Å². The van der Waals surface area contributed by atoms with Crippen molar-refractivity contribution in [2.45, 2.75) is 37.4 Å². The third-order valence-corrected chi connectivity index (χ3v) is 6.62. The van der Waals surface area contributed by atoms with Crippen LogP contribution in [0.4, 0.5) is 0 Å². The molecule has 7 heteroatoms. The van der Waals surface area contributed by atoms with Crippen LogP contribution in [0.15, 0.2) is 0 Å². The Hall–Kier alpha value is -1.11. The Balaban J connectivity index is 2.21. The fourth-order valence-electron chi connectivity index (χ4n) is 2.86. The van der Waals surface area contributed by atoms with Crippen LogP contribution in [0.5, 0.6) is 0 Å². The standard InChI is InChI=1S/C12H20N2O4S/c1-11(9(13)15)6-7-14(8-11)10(16)12(4-3-5-12)19(2,17)18/h3-8H2,1-2H3,(H2,13,15). The first kappa shape index (κ1) is 14.3. The van der Waals surface area contributed by atoms with E-state index in [4.69, 9.17) is 5.73 Å². The van der Waals surface area contributed by atoms with Gasteiger partial charge < -0.3 is 10.6 Å². The van der Waals surface area contributed by atoms with Gasteiger partial charge in [0.15, 0.2) is 14.6 Å². The Morgan fingerprint density at radius 3 is 2.11 bits per heavy atom. The van der Waals surface area contributed by atoms with Crippen LogP contribution in [0.1, 0.15) is 32.6 Å². The summed E-state index contributed by atoms with van der Waals surface area (Å²) < 4.78 is 22.5. The van der Waals surface area contributed by atoms with Crippen molar-refractivity contribution in [3.63, 3.8) is 0 Å². The lowest BCUT2D eigenvalue weighted by Crippen LogP contribution is -2.57. The molecule has 2 N–H and O–H groups in total. The molecule has 0 spiro atoms. The first-order valence-corrected chi connectivity index (χ1v) is 8.30. The molecule has 2 fully saturated rings. The predicted octanol–water partition coefficient (Wildman–Crippen LogP) is -0.322. The zero-order valence-electron chi connectivity index (χ0n) is 11.3. The average molecular weight is 288 g/mol. The van der Waals surface area contributed by atoms with E-state index >= 15 is 0 Å². The highest BCUT2D eigenvalue weighted by Crippen LogP contribution is 2.42. The fourth-order valence-corrected chi connectivity index (χ4v) is 4.34. The molecule has 2 aliphatic rings. The van der Waals surface area contributed by atoms with Crippen LogP contribution in [0.3, 0.4) is 0 Å². The van der Waals surface area contributed by atoms with Crippen LogP contribution in [-0.2, 0) is 19.4 Å². The zero-order chi connectivity index (χ0) is 14.5. The van der Waals surface area contributed by atoms with E-state index in [1.54, 1.807) is 6.92 Å². The first-order chi connectivity index (χ1) is 8.62. The molecular weight excluding hydrogens is 268 g/mol. The Labute approximate surface area is 113 Å². The summed E-state index contributed by atoms with van der Waals surface area (Å²) in [4.78, 5) is 25.4. The minimum atomic E-state index is -3.43. The smallest absolute Gasteiger partial charge is 0.244 e. The Morgan fingerprint density at radius 1 is 1.21 bits per heavy atom. The highest BCUT2D eigenvalue weighted by molar-refractivity contribution is 7.93. The number of nitrogens with zero attached hydrogens (tertiary/aromatic N) is 1. The quantitative estimate of drug-likeness (QED) is 0.769. The molecule has 2 rings (SSSR count). The van der Waals surface area contributed by atoms with E-state index in [1.165, 1.54) is 4.90 Å². The van der Waals surface area contributed by atoms with Crippen molar-refractivity contribution in [3.8, 4) is 0 Å². The number of carbonyl (C=O) groups excluding carboxylic acids is 2. The average Bonchev–Trinajstić information content (AvgIpc) is 2.58. The molecule has 0 bridgehead atoms. The summed E-state index contributed by atoms with van der Waals surface area (Å²) in [5.41, 5.74) is 4.60. The molecule has 1 unspecified atom stereocenters. The van der Waals surface area contributed by atoms with Gasteiger partial charge in [-0.15, -0.1) is 0 Å². The fraction of sp³-hybridized carbons (Fsp3) is 0.833. The molecule has 1 atom stereocenters. The molecule has 0 radical (unpaired) electrons. The maximum atomic E-state index is 12.5. The van der Waals surface area contributed by atoms with Gasteiger partial charge in [-0.3, -0.25) is 9.59 Å². The molecule has 108 valence electrons. The predicted molar refractivity (Wildman–Crippen MR) is 69.9 cm³/mol. The Kier molecular flexibility index (Phi) is 3.16. The van der Waals surface area contributed by atoms with Crippen molar-refractivity contribution in [2.24, 2.45) is 11.1 Å². The lowest BCUT2D eigenvalue weighted by atomic mass is 9.83. The number of primary amides is 1. The summed E-state index contributed by atoms with van der Waals surface area (Å²) in [5.74, 6) is -0.795. The Morgan fingerprint density at radius 2 is 1.79 bits per heavy atom. The maximum absolute atomic E-state index is 12.5. The van der Waals surface area contributed by atoms with Crippen molar-refractivity contribution >= 4 is 21.7 Å². The van der Waals surface area contributed by atoms with Crippen LogP contribution in [-0.4, -0.2) is 49.2 Å². The van der Waals surface area contributed by atoms with E-state index in [1.807, 2.05) is 0 Å². The molecule has 6 nitrogen and oxygen atoms in total. The van der Waals surface area contributed by atoms with Crippen molar-refractivity contribution < 1.29 is 18.0 Å². The summed E-state index contributed by atoms with van der Waals surface area (Å²) in [6.45, 7) is 2.34. The van der Waals surface area contributed by atoms with E-state index in [2.05, 4.69) is 0 Å². The number of carbonyl (C=O) groups is 2. The largest absolute Gasteiger partial charge is 0.369 e. The number of likely N-dealkylation sites (tertiary alicyclic amines) is 1. The second kappa shape index (κ2) is 4.19. The molecule has 2 amide bonds. The van der Waals surface area contributed by atoms with Gasteiger partial charge in [0.25, 0.3) is 0 Å². The summed E-state index contributed by atoms with van der Waals surface area (Å²) in [6.07, 6.45) is 3.13. The molecule has 0 aromatic carbocycles. The van der Waals surface area contributed by atoms with Crippen molar-refractivity contribution in [1.29, 1.82) is 0 Å². The molecular formula is C12H20N2O4S. The highest BCUT2D eigenvalue weighted by Gasteiger charge is 2.56. The minimum absolute atomic E-state index is 0.221. The first-order valence-electron chi connectivity index (χ1n) is 6.41. The van der Waals surface area contributed by atoms with Crippen LogP contribution < -0.4 is 5.73 Å². The van der Waals surface area contributed by atoms with Gasteiger partial charge in [-0.2, -0.15) is 0 Å². The van der Waals surface area contributed by atoms with Gasteiger partial charge in [0.05, 0.1) is 5.41 Å². The van der Waals surface area contributed by atoms with Gasteiger partial charge in [0, 0.05) is 19.3 Å².